The van der Waals surface area contributed by atoms with Gasteiger partial charge in [0.25, 0.3) is 5.91 Å². The fourth-order valence-electron chi connectivity index (χ4n) is 4.99. The molecule has 12 nitrogen and oxygen atoms in total. The summed E-state index contributed by atoms with van der Waals surface area (Å²) < 4.78 is 16.9. The molecule has 3 aliphatic heterocycles. The monoisotopic (exact) mass is 545 g/mol. The van der Waals surface area contributed by atoms with Crippen LogP contribution in [0, 0.1) is 0 Å². The zero-order chi connectivity index (χ0) is 27.5. The van der Waals surface area contributed by atoms with E-state index in [2.05, 4.69) is 43.6 Å². The molecule has 0 aliphatic carbocycles. The Labute approximate surface area is 231 Å². The van der Waals surface area contributed by atoms with Crippen LogP contribution in [0.1, 0.15) is 18.4 Å². The van der Waals surface area contributed by atoms with Crippen molar-refractivity contribution in [1.82, 2.24) is 25.2 Å². The Hall–Kier alpha value is -4.29. The van der Waals surface area contributed by atoms with Gasteiger partial charge in [0.2, 0.25) is 5.88 Å². The average molecular weight is 546 g/mol. The van der Waals surface area contributed by atoms with E-state index in [4.69, 9.17) is 14.2 Å². The zero-order valence-corrected chi connectivity index (χ0v) is 22.2. The number of rotatable bonds is 9. The summed E-state index contributed by atoms with van der Waals surface area (Å²) in [7, 11) is 2.09. The summed E-state index contributed by atoms with van der Waals surface area (Å²) in [5.41, 5.74) is 2.02. The number of nitrogens with one attached hydrogen (secondary N) is 2. The van der Waals surface area contributed by atoms with Gasteiger partial charge >= 0.3 is 6.09 Å². The quantitative estimate of drug-likeness (QED) is 0.387. The molecule has 12 heteroatoms. The van der Waals surface area contributed by atoms with Crippen molar-refractivity contribution in [3.63, 3.8) is 0 Å². The number of amides is 2. The Bertz CT molecular complexity index is 1400. The second kappa shape index (κ2) is 11.4. The van der Waals surface area contributed by atoms with Crippen LogP contribution < -0.4 is 25.0 Å². The van der Waals surface area contributed by atoms with Gasteiger partial charge in [-0.25, -0.2) is 14.8 Å². The topological polar surface area (TPSA) is 131 Å². The third kappa shape index (κ3) is 5.97. The molecule has 2 fully saturated rings. The van der Waals surface area contributed by atoms with Crippen molar-refractivity contribution < 1.29 is 23.8 Å². The number of carbonyl (C=O) groups is 2. The van der Waals surface area contributed by atoms with E-state index < -0.39 is 6.09 Å². The number of nitrogens with zero attached hydrogens (tertiary/aromatic N) is 5. The van der Waals surface area contributed by atoms with Gasteiger partial charge in [-0.3, -0.25) is 9.69 Å². The maximum atomic E-state index is 12.5. The Morgan fingerprint density at radius 3 is 2.95 bits per heavy atom. The predicted molar refractivity (Wildman–Crippen MR) is 146 cm³/mol. The van der Waals surface area contributed by atoms with Crippen molar-refractivity contribution in [1.29, 1.82) is 0 Å². The SMILES string of the molecule is CN1CCC(Oc2ccnc(-c3cccc(CNCCC4CN(c5ccc6c(n5)NC(=O)CO6)C(=O)O4)c3)n2)C1. The van der Waals surface area contributed by atoms with Crippen LogP contribution in [0.15, 0.2) is 48.7 Å². The van der Waals surface area contributed by atoms with Crippen LogP contribution in [0.3, 0.4) is 0 Å². The van der Waals surface area contributed by atoms with E-state index in [1.165, 1.54) is 4.90 Å². The number of cyclic esters (lactones) is 1. The Balaban J connectivity index is 0.997. The third-order valence-electron chi connectivity index (χ3n) is 7.03. The molecule has 5 heterocycles. The fourth-order valence-corrected chi connectivity index (χ4v) is 4.99. The highest BCUT2D eigenvalue weighted by molar-refractivity contribution is 5.95. The Kier molecular flexibility index (Phi) is 7.43. The van der Waals surface area contributed by atoms with Crippen molar-refractivity contribution in [2.24, 2.45) is 0 Å². The first kappa shape index (κ1) is 26.0. The van der Waals surface area contributed by atoms with Crippen molar-refractivity contribution in [2.75, 3.05) is 50.1 Å². The smallest absolute Gasteiger partial charge is 0.415 e. The van der Waals surface area contributed by atoms with E-state index in [1.807, 2.05) is 18.2 Å². The second-order valence-corrected chi connectivity index (χ2v) is 10.1. The molecular weight excluding hydrogens is 514 g/mol. The van der Waals surface area contributed by atoms with E-state index in [1.54, 1.807) is 24.4 Å². The van der Waals surface area contributed by atoms with Gasteiger partial charge in [0.05, 0.1) is 6.54 Å². The van der Waals surface area contributed by atoms with Crippen LogP contribution in [-0.4, -0.2) is 83.9 Å². The van der Waals surface area contributed by atoms with Gasteiger partial charge in [0, 0.05) is 37.5 Å². The molecule has 2 aromatic heterocycles. The summed E-state index contributed by atoms with van der Waals surface area (Å²) in [6, 6.07) is 13.3. The first-order chi connectivity index (χ1) is 19.5. The minimum absolute atomic E-state index is 0.0480. The molecule has 0 radical (unpaired) electrons. The lowest BCUT2D eigenvalue weighted by Crippen LogP contribution is -2.29. The highest BCUT2D eigenvalue weighted by Crippen LogP contribution is 2.30. The number of anilines is 2. The third-order valence-corrected chi connectivity index (χ3v) is 7.03. The molecule has 0 saturated carbocycles. The number of aromatic nitrogens is 3. The molecule has 40 heavy (non-hydrogen) atoms. The van der Waals surface area contributed by atoms with Gasteiger partial charge in [0.1, 0.15) is 18.0 Å². The molecule has 1 aromatic carbocycles. The number of likely N-dealkylation sites (tertiary alicyclic amines) is 1. The van der Waals surface area contributed by atoms with E-state index in [9.17, 15) is 9.59 Å². The Morgan fingerprint density at radius 2 is 2.08 bits per heavy atom. The van der Waals surface area contributed by atoms with Gasteiger partial charge < -0.3 is 29.7 Å². The highest BCUT2D eigenvalue weighted by atomic mass is 16.6. The lowest BCUT2D eigenvalue weighted by Gasteiger charge is -2.19. The van der Waals surface area contributed by atoms with Crippen LogP contribution in [0.4, 0.5) is 16.4 Å². The van der Waals surface area contributed by atoms with Gasteiger partial charge in [-0.2, -0.15) is 4.98 Å². The van der Waals surface area contributed by atoms with Gasteiger partial charge in [-0.15, -0.1) is 0 Å². The predicted octanol–water partition coefficient (Wildman–Crippen LogP) is 2.46. The summed E-state index contributed by atoms with van der Waals surface area (Å²) in [5, 5.41) is 6.09. The first-order valence-corrected chi connectivity index (χ1v) is 13.4. The molecule has 3 aromatic rings. The average Bonchev–Trinajstić information content (AvgIpc) is 3.55. The number of likely N-dealkylation sites (N-methyl/N-ethyl adjacent to an activating group) is 1. The molecule has 6 rings (SSSR count). The maximum absolute atomic E-state index is 12.5. The van der Waals surface area contributed by atoms with E-state index >= 15 is 0 Å². The van der Waals surface area contributed by atoms with Crippen LogP contribution in [-0.2, 0) is 16.1 Å². The van der Waals surface area contributed by atoms with E-state index in [0.717, 1.165) is 30.6 Å². The van der Waals surface area contributed by atoms with Gasteiger partial charge in [0.15, 0.2) is 24.0 Å². The summed E-state index contributed by atoms with van der Waals surface area (Å²) in [4.78, 5) is 41.2. The molecule has 2 saturated heterocycles. The molecule has 208 valence electrons. The molecule has 2 N–H and O–H groups in total. The van der Waals surface area contributed by atoms with Crippen molar-refractivity contribution in [2.45, 2.75) is 31.6 Å². The second-order valence-electron chi connectivity index (χ2n) is 10.1. The number of pyridine rings is 1. The largest absolute Gasteiger partial charge is 0.480 e. The van der Waals surface area contributed by atoms with Crippen LogP contribution in [0.5, 0.6) is 11.6 Å². The number of benzene rings is 1. The van der Waals surface area contributed by atoms with Gasteiger partial charge in [-0.1, -0.05) is 18.2 Å². The lowest BCUT2D eigenvalue weighted by atomic mass is 10.1. The number of fused-ring (bicyclic) bond motifs is 1. The van der Waals surface area contributed by atoms with Crippen LogP contribution in [0.2, 0.25) is 0 Å². The van der Waals surface area contributed by atoms with Gasteiger partial charge in [-0.05, 0) is 50.2 Å². The molecular formula is C28H31N7O5. The molecule has 0 bridgehead atoms. The Morgan fingerprint density at radius 1 is 1.15 bits per heavy atom. The molecule has 3 aliphatic rings. The summed E-state index contributed by atoms with van der Waals surface area (Å²) in [6.07, 6.45) is 2.80. The molecule has 2 atom stereocenters. The first-order valence-electron chi connectivity index (χ1n) is 13.4. The van der Waals surface area contributed by atoms with Crippen LogP contribution in [0.25, 0.3) is 11.4 Å². The molecule has 2 unspecified atom stereocenters. The summed E-state index contributed by atoms with van der Waals surface area (Å²) in [6.45, 7) is 3.57. The van der Waals surface area contributed by atoms with Crippen molar-refractivity contribution >= 4 is 23.6 Å². The van der Waals surface area contributed by atoms with Crippen molar-refractivity contribution in [3.05, 3.63) is 54.2 Å². The molecule has 2 amide bonds. The lowest BCUT2D eigenvalue weighted by molar-refractivity contribution is -0.118. The number of hydrogen-bond donors (Lipinski definition) is 2. The zero-order valence-electron chi connectivity index (χ0n) is 22.2. The summed E-state index contributed by atoms with van der Waals surface area (Å²) >= 11 is 0. The fraction of sp³-hybridized carbons (Fsp3) is 0.393. The standard InChI is InChI=1S/C28H31N7O5/c1-34-12-9-21(15-34)39-25-8-11-30-26(33-25)19-4-2-3-18(13-19)14-29-10-7-20-16-35(28(37)40-20)23-6-5-22-27(31-23)32-24(36)17-38-22/h2-6,8,11,13,20-21,29H,7,9-10,12,14-17H2,1H3,(H,31,32,36). The van der Waals surface area contributed by atoms with Crippen molar-refractivity contribution in [3.8, 4) is 23.0 Å². The normalized spacial score (nSPS) is 20.6. The maximum Gasteiger partial charge on any atom is 0.415 e. The van der Waals surface area contributed by atoms with E-state index in [0.29, 0.717) is 55.1 Å². The summed E-state index contributed by atoms with van der Waals surface area (Å²) in [5.74, 6) is 2.14. The van der Waals surface area contributed by atoms with E-state index in [-0.39, 0.29) is 24.7 Å². The number of hydrogen-bond acceptors (Lipinski definition) is 10. The van der Waals surface area contributed by atoms with Crippen LogP contribution >= 0.6 is 0 Å². The minimum atomic E-state index is -0.459. The number of ether oxygens (including phenoxy) is 3. The number of carbonyl (C=O) groups excluding carboxylic acids is 2. The highest BCUT2D eigenvalue weighted by Gasteiger charge is 2.33. The minimum Gasteiger partial charge on any atom is -0.480 e. The molecule has 0 spiro atoms.